The van der Waals surface area contributed by atoms with Crippen LogP contribution in [0.25, 0.3) is 0 Å². The molecule has 11 heavy (non-hydrogen) atoms. The van der Waals surface area contributed by atoms with Crippen LogP contribution in [0.5, 0.6) is 0 Å². The van der Waals surface area contributed by atoms with Crippen molar-refractivity contribution in [1.82, 2.24) is 0 Å². The molecule has 0 aliphatic heterocycles. The lowest BCUT2D eigenvalue weighted by molar-refractivity contribution is 0.477. The smallest absolute Gasteiger partial charge is 0.237 e. The van der Waals surface area contributed by atoms with Gasteiger partial charge in [0, 0.05) is 6.04 Å². The van der Waals surface area contributed by atoms with Gasteiger partial charge in [0.25, 0.3) is 0 Å². The molecule has 1 aliphatic carbocycles. The number of allylic oxidation sites excluding steroid dienone is 2. The second kappa shape index (κ2) is 3.43. The van der Waals surface area contributed by atoms with Gasteiger partial charge in [0.2, 0.25) is 0 Å². The van der Waals surface area contributed by atoms with E-state index in [0.29, 0.717) is 0 Å². The highest BCUT2D eigenvalue weighted by molar-refractivity contribution is 6.58. The molecule has 0 bridgehead atoms. The van der Waals surface area contributed by atoms with Crippen LogP contribution in [0.15, 0.2) is 11.6 Å². The molecule has 0 atom stereocenters. The van der Waals surface area contributed by atoms with Gasteiger partial charge in [-0.1, -0.05) is 11.6 Å². The van der Waals surface area contributed by atoms with Gasteiger partial charge in [-0.3, -0.25) is 0 Å². The summed E-state index contributed by atoms with van der Waals surface area (Å²) in [6.45, 7) is 0. The molecule has 0 aromatic carbocycles. The summed E-state index contributed by atoms with van der Waals surface area (Å²) in [6, 6.07) is -0.609. The molecule has 0 radical (unpaired) electrons. The zero-order valence-corrected chi connectivity index (χ0v) is 7.25. The summed E-state index contributed by atoms with van der Waals surface area (Å²) in [5.41, 5.74) is 1.02. The average Bonchev–Trinajstić information content (AvgIpc) is 2.32. The van der Waals surface area contributed by atoms with Crippen LogP contribution in [0.2, 0.25) is 6.04 Å². The summed E-state index contributed by atoms with van der Waals surface area (Å²) in [4.78, 5) is 0. The summed E-state index contributed by atoms with van der Waals surface area (Å²) in [5.74, 6) is 0. The summed E-state index contributed by atoms with van der Waals surface area (Å²) >= 11 is 0. The summed E-state index contributed by atoms with van der Waals surface area (Å²) < 4.78 is 35.4. The largest absolute Gasteiger partial charge is 0.620 e. The molecule has 4 heteroatoms. The van der Waals surface area contributed by atoms with Crippen LogP contribution >= 0.6 is 0 Å². The minimum atomic E-state index is -5.30. The zero-order valence-electron chi connectivity index (χ0n) is 6.25. The van der Waals surface area contributed by atoms with Gasteiger partial charge in [0.05, 0.1) is 0 Å². The van der Waals surface area contributed by atoms with E-state index in [4.69, 9.17) is 0 Å². The van der Waals surface area contributed by atoms with Crippen LogP contribution in [0, 0.1) is 0 Å². The molecule has 0 N–H and O–H groups in total. The van der Waals surface area contributed by atoms with Crippen LogP contribution in [-0.4, -0.2) is 9.08 Å². The van der Waals surface area contributed by atoms with Gasteiger partial charge in [-0.05, 0) is 25.7 Å². The quantitative estimate of drug-likeness (QED) is 0.347. The lowest BCUT2D eigenvalue weighted by atomic mass is 10.2. The van der Waals surface area contributed by atoms with E-state index in [9.17, 15) is 12.3 Å². The third-order valence-electron chi connectivity index (χ3n) is 1.87. The first-order valence-electron chi connectivity index (χ1n) is 3.82. The maximum Gasteiger partial charge on any atom is 0.620 e. The normalized spacial score (nSPS) is 19.0. The van der Waals surface area contributed by atoms with Crippen LogP contribution < -0.4 is 0 Å². The van der Waals surface area contributed by atoms with E-state index < -0.39 is 15.1 Å². The van der Waals surface area contributed by atoms with E-state index in [-0.39, 0.29) is 0 Å². The molecule has 1 aliphatic rings. The molecule has 1 fully saturated rings. The second-order valence-electron chi connectivity index (χ2n) is 2.89. The Morgan fingerprint density at radius 3 is 2.18 bits per heavy atom. The fourth-order valence-electron chi connectivity index (χ4n) is 1.29. The standard InChI is InChI=1S/C7H11F3Si/c8-11(9,10)6-5-7-3-1-2-4-7/h5H,1-4,6H2. The van der Waals surface area contributed by atoms with Crippen LogP contribution in [0.1, 0.15) is 25.7 Å². The first kappa shape index (κ1) is 8.84. The highest BCUT2D eigenvalue weighted by Gasteiger charge is 2.34. The predicted octanol–water partition coefficient (Wildman–Crippen LogP) is 3.33. The molecule has 1 rings (SSSR count). The zero-order chi connectivity index (χ0) is 8.32. The van der Waals surface area contributed by atoms with E-state index in [1.54, 1.807) is 0 Å². The monoisotopic (exact) mass is 180 g/mol. The Kier molecular flexibility index (Phi) is 2.76. The van der Waals surface area contributed by atoms with Crippen molar-refractivity contribution in [1.29, 1.82) is 0 Å². The van der Waals surface area contributed by atoms with Crippen molar-refractivity contribution in [2.24, 2.45) is 0 Å². The Morgan fingerprint density at radius 1 is 1.18 bits per heavy atom. The van der Waals surface area contributed by atoms with Crippen molar-refractivity contribution in [2.75, 3.05) is 0 Å². The fraction of sp³-hybridized carbons (Fsp3) is 0.714. The Labute approximate surface area is 65.6 Å². The topological polar surface area (TPSA) is 0 Å². The molecule has 0 amide bonds. The average molecular weight is 180 g/mol. The van der Waals surface area contributed by atoms with Crippen LogP contribution in [0.3, 0.4) is 0 Å². The van der Waals surface area contributed by atoms with Crippen molar-refractivity contribution in [2.45, 2.75) is 31.7 Å². The molecule has 0 aromatic heterocycles. The minimum absolute atomic E-state index is 0.609. The van der Waals surface area contributed by atoms with Crippen molar-refractivity contribution < 1.29 is 12.3 Å². The Morgan fingerprint density at radius 2 is 1.73 bits per heavy atom. The molecule has 64 valence electrons. The second-order valence-corrected chi connectivity index (χ2v) is 4.53. The van der Waals surface area contributed by atoms with Gasteiger partial charge in [0.1, 0.15) is 0 Å². The van der Waals surface area contributed by atoms with E-state index >= 15 is 0 Å². The van der Waals surface area contributed by atoms with Crippen molar-refractivity contribution in [3.8, 4) is 0 Å². The lowest BCUT2D eigenvalue weighted by Gasteiger charge is -1.98. The van der Waals surface area contributed by atoms with Gasteiger partial charge >= 0.3 is 9.08 Å². The van der Waals surface area contributed by atoms with Crippen molar-refractivity contribution >= 4 is 9.08 Å². The highest BCUT2D eigenvalue weighted by atomic mass is 28.5. The molecule has 0 aromatic rings. The van der Waals surface area contributed by atoms with E-state index in [0.717, 1.165) is 31.3 Å². The fourth-order valence-corrected chi connectivity index (χ4v) is 1.81. The summed E-state index contributed by atoms with van der Waals surface area (Å²) in [5, 5.41) is 0. The number of hydrogen-bond donors (Lipinski definition) is 0. The predicted molar refractivity (Wildman–Crippen MR) is 40.4 cm³/mol. The van der Waals surface area contributed by atoms with Gasteiger partial charge in [-0.25, -0.2) is 12.3 Å². The molecule has 0 nitrogen and oxygen atoms in total. The van der Waals surface area contributed by atoms with Crippen LogP contribution in [0.4, 0.5) is 12.3 Å². The van der Waals surface area contributed by atoms with Crippen LogP contribution in [-0.2, 0) is 0 Å². The molecule has 0 spiro atoms. The Bertz CT molecular complexity index is 152. The first-order chi connectivity index (χ1) is 5.08. The SMILES string of the molecule is F[Si](F)(F)CC=C1CCCC1. The molecule has 0 heterocycles. The summed E-state index contributed by atoms with van der Waals surface area (Å²) in [6.07, 6.45) is 5.34. The molecular formula is C7H11F3Si. The van der Waals surface area contributed by atoms with E-state index in [1.165, 1.54) is 6.08 Å². The maximum atomic E-state index is 11.8. The van der Waals surface area contributed by atoms with Gasteiger partial charge < -0.3 is 0 Å². The van der Waals surface area contributed by atoms with E-state index in [2.05, 4.69) is 0 Å². The van der Waals surface area contributed by atoms with E-state index in [1.807, 2.05) is 0 Å². The first-order valence-corrected chi connectivity index (χ1v) is 5.67. The Balaban J connectivity index is 2.34. The number of rotatable bonds is 2. The third-order valence-corrected chi connectivity index (χ3v) is 2.54. The molecule has 0 saturated heterocycles. The molecular weight excluding hydrogens is 169 g/mol. The molecule has 1 saturated carbocycles. The number of halogens is 3. The van der Waals surface area contributed by atoms with Gasteiger partial charge in [-0.15, -0.1) is 0 Å². The highest BCUT2D eigenvalue weighted by Crippen LogP contribution is 2.26. The summed E-state index contributed by atoms with van der Waals surface area (Å²) in [7, 11) is -5.30. The molecule has 0 unspecified atom stereocenters. The lowest BCUT2D eigenvalue weighted by Crippen LogP contribution is -2.12. The van der Waals surface area contributed by atoms with Crippen molar-refractivity contribution in [3.63, 3.8) is 0 Å². The number of hydrogen-bond acceptors (Lipinski definition) is 0. The van der Waals surface area contributed by atoms with Crippen molar-refractivity contribution in [3.05, 3.63) is 11.6 Å². The van der Waals surface area contributed by atoms with Gasteiger partial charge in [-0.2, -0.15) is 0 Å². The Hall–Kier alpha value is -0.253. The third kappa shape index (κ3) is 3.60. The minimum Gasteiger partial charge on any atom is -0.237 e. The van der Waals surface area contributed by atoms with Gasteiger partial charge in [0.15, 0.2) is 0 Å². The maximum absolute atomic E-state index is 11.8.